The predicted octanol–water partition coefficient (Wildman–Crippen LogP) is 4.38. The molecule has 1 aliphatic carbocycles. The predicted molar refractivity (Wildman–Crippen MR) is 119 cm³/mol. The van der Waals surface area contributed by atoms with Crippen LogP contribution in [0.25, 0.3) is 11.4 Å². The first-order chi connectivity index (χ1) is 14.7. The Hall–Kier alpha value is -3.41. The number of amides is 1. The summed E-state index contributed by atoms with van der Waals surface area (Å²) in [6.45, 7) is 2.25. The lowest BCUT2D eigenvalue weighted by Gasteiger charge is -2.18. The molecule has 0 radical (unpaired) electrons. The molecule has 2 fully saturated rings. The molecule has 3 aromatic rings. The smallest absolute Gasteiger partial charge is 0.270 e. The molecule has 1 saturated carbocycles. The standard InChI is InChI=1S/C24H25N5O/c30-24(26-19-8-9-19)21-16-22(28-23(27-21)17-6-2-1-3-7-17)25-18-10-12-20(13-11-18)29-14-4-5-15-29/h1-3,6-7,10-13,16,19H,4-5,8-9,14-15H2,(H,26,30)(H,25,27,28). The van der Waals surface area contributed by atoms with E-state index in [0.717, 1.165) is 37.2 Å². The van der Waals surface area contributed by atoms with Crippen LogP contribution in [0.1, 0.15) is 36.2 Å². The van der Waals surface area contributed by atoms with Gasteiger partial charge in [-0.2, -0.15) is 0 Å². The second kappa shape index (κ2) is 8.14. The van der Waals surface area contributed by atoms with E-state index in [1.54, 1.807) is 6.07 Å². The summed E-state index contributed by atoms with van der Waals surface area (Å²) in [5.74, 6) is 0.999. The quantitative estimate of drug-likeness (QED) is 0.644. The van der Waals surface area contributed by atoms with Crippen molar-refractivity contribution in [2.45, 2.75) is 31.7 Å². The van der Waals surface area contributed by atoms with Crippen molar-refractivity contribution in [3.63, 3.8) is 0 Å². The Morgan fingerprint density at radius 2 is 1.67 bits per heavy atom. The lowest BCUT2D eigenvalue weighted by molar-refractivity contribution is 0.0946. The van der Waals surface area contributed by atoms with Crippen LogP contribution in [0, 0.1) is 0 Å². The Labute approximate surface area is 176 Å². The molecule has 0 bridgehead atoms. The molecule has 1 amide bonds. The molecule has 1 saturated heterocycles. The molecule has 6 nitrogen and oxygen atoms in total. The van der Waals surface area contributed by atoms with Gasteiger partial charge in [-0.25, -0.2) is 9.97 Å². The first-order valence-electron chi connectivity index (χ1n) is 10.6. The Kier molecular flexibility index (Phi) is 5.05. The summed E-state index contributed by atoms with van der Waals surface area (Å²) in [6, 6.07) is 20.1. The fourth-order valence-corrected chi connectivity index (χ4v) is 3.71. The van der Waals surface area contributed by atoms with Gasteiger partial charge in [-0.1, -0.05) is 30.3 Å². The van der Waals surface area contributed by atoms with E-state index in [4.69, 9.17) is 0 Å². The second-order valence-corrected chi connectivity index (χ2v) is 7.94. The summed E-state index contributed by atoms with van der Waals surface area (Å²) >= 11 is 0. The minimum Gasteiger partial charge on any atom is -0.372 e. The molecule has 2 heterocycles. The van der Waals surface area contributed by atoms with Crippen molar-refractivity contribution >= 4 is 23.1 Å². The van der Waals surface area contributed by atoms with Crippen molar-refractivity contribution in [3.05, 3.63) is 66.4 Å². The largest absolute Gasteiger partial charge is 0.372 e. The van der Waals surface area contributed by atoms with Crippen molar-refractivity contribution in [1.82, 2.24) is 15.3 Å². The lowest BCUT2D eigenvalue weighted by Crippen LogP contribution is -2.26. The summed E-state index contributed by atoms with van der Waals surface area (Å²) in [4.78, 5) is 24.2. The number of carbonyl (C=O) groups is 1. The minimum absolute atomic E-state index is 0.149. The molecule has 1 aliphatic heterocycles. The molecule has 152 valence electrons. The van der Waals surface area contributed by atoms with E-state index in [-0.39, 0.29) is 11.9 Å². The highest BCUT2D eigenvalue weighted by molar-refractivity contribution is 5.94. The molecule has 0 atom stereocenters. The summed E-state index contributed by atoms with van der Waals surface area (Å²) in [5.41, 5.74) is 3.44. The molecular weight excluding hydrogens is 374 g/mol. The maximum atomic E-state index is 12.6. The zero-order chi connectivity index (χ0) is 20.3. The first kappa shape index (κ1) is 18.6. The molecule has 2 aromatic carbocycles. The number of carbonyl (C=O) groups excluding carboxylic acids is 1. The van der Waals surface area contributed by atoms with E-state index in [1.165, 1.54) is 18.5 Å². The van der Waals surface area contributed by atoms with Gasteiger partial charge in [0.1, 0.15) is 11.5 Å². The number of benzene rings is 2. The maximum Gasteiger partial charge on any atom is 0.270 e. The van der Waals surface area contributed by atoms with Gasteiger partial charge in [0.05, 0.1) is 0 Å². The second-order valence-electron chi connectivity index (χ2n) is 7.94. The molecule has 5 rings (SSSR count). The number of aromatic nitrogens is 2. The number of nitrogens with zero attached hydrogens (tertiary/aromatic N) is 3. The van der Waals surface area contributed by atoms with E-state index < -0.39 is 0 Å². The van der Waals surface area contributed by atoms with Gasteiger partial charge in [0.25, 0.3) is 5.91 Å². The third-order valence-corrected chi connectivity index (χ3v) is 5.51. The van der Waals surface area contributed by atoms with Crippen molar-refractivity contribution in [2.75, 3.05) is 23.3 Å². The highest BCUT2D eigenvalue weighted by Crippen LogP contribution is 2.25. The van der Waals surface area contributed by atoms with Crippen LogP contribution in [-0.4, -0.2) is 35.0 Å². The van der Waals surface area contributed by atoms with Crippen LogP contribution >= 0.6 is 0 Å². The number of hydrogen-bond acceptors (Lipinski definition) is 5. The molecule has 2 N–H and O–H groups in total. The average Bonchev–Trinajstić information content (AvgIpc) is 3.43. The van der Waals surface area contributed by atoms with Gasteiger partial charge in [0.15, 0.2) is 5.82 Å². The van der Waals surface area contributed by atoms with Crippen LogP contribution in [0.5, 0.6) is 0 Å². The van der Waals surface area contributed by atoms with E-state index in [0.29, 0.717) is 17.3 Å². The van der Waals surface area contributed by atoms with Gasteiger partial charge in [0.2, 0.25) is 0 Å². The van der Waals surface area contributed by atoms with Crippen LogP contribution in [0.4, 0.5) is 17.2 Å². The summed E-state index contributed by atoms with van der Waals surface area (Å²) in [6.07, 6.45) is 4.59. The molecule has 30 heavy (non-hydrogen) atoms. The molecule has 0 unspecified atom stereocenters. The van der Waals surface area contributed by atoms with E-state index >= 15 is 0 Å². The number of anilines is 3. The molecule has 2 aliphatic rings. The van der Waals surface area contributed by atoms with Gasteiger partial charge in [-0.05, 0) is 49.9 Å². The highest BCUT2D eigenvalue weighted by Gasteiger charge is 2.25. The van der Waals surface area contributed by atoms with Gasteiger partial charge >= 0.3 is 0 Å². The van der Waals surface area contributed by atoms with Crippen LogP contribution in [0.3, 0.4) is 0 Å². The molecule has 6 heteroatoms. The molecule has 1 aromatic heterocycles. The summed E-state index contributed by atoms with van der Waals surface area (Å²) in [5, 5.41) is 6.36. The summed E-state index contributed by atoms with van der Waals surface area (Å²) < 4.78 is 0. The monoisotopic (exact) mass is 399 g/mol. The topological polar surface area (TPSA) is 70.2 Å². The minimum atomic E-state index is -0.149. The van der Waals surface area contributed by atoms with E-state index in [2.05, 4.69) is 49.8 Å². The zero-order valence-electron chi connectivity index (χ0n) is 16.8. The van der Waals surface area contributed by atoms with Crippen LogP contribution < -0.4 is 15.5 Å². The number of hydrogen-bond donors (Lipinski definition) is 2. The SMILES string of the molecule is O=C(NC1CC1)c1cc(Nc2ccc(N3CCCC3)cc2)nc(-c2ccccc2)n1. The van der Waals surface area contributed by atoms with Gasteiger partial charge in [0, 0.05) is 42.1 Å². The third-order valence-electron chi connectivity index (χ3n) is 5.51. The van der Waals surface area contributed by atoms with Crippen molar-refractivity contribution in [1.29, 1.82) is 0 Å². The Bertz CT molecular complexity index is 1030. The average molecular weight is 399 g/mol. The zero-order valence-corrected chi connectivity index (χ0v) is 16.8. The van der Waals surface area contributed by atoms with E-state index in [9.17, 15) is 4.79 Å². The van der Waals surface area contributed by atoms with Crippen LogP contribution in [0.2, 0.25) is 0 Å². The maximum absolute atomic E-state index is 12.6. The summed E-state index contributed by atoms with van der Waals surface area (Å²) in [7, 11) is 0. The fourth-order valence-electron chi connectivity index (χ4n) is 3.71. The number of rotatable bonds is 6. The molecular formula is C24H25N5O. The molecule has 0 spiro atoms. The Morgan fingerprint density at radius 3 is 2.37 bits per heavy atom. The third kappa shape index (κ3) is 4.27. The highest BCUT2D eigenvalue weighted by atomic mass is 16.2. The van der Waals surface area contributed by atoms with Crippen LogP contribution in [-0.2, 0) is 0 Å². The van der Waals surface area contributed by atoms with Crippen molar-refractivity contribution in [2.24, 2.45) is 0 Å². The first-order valence-corrected chi connectivity index (χ1v) is 10.6. The van der Waals surface area contributed by atoms with E-state index in [1.807, 2.05) is 30.3 Å². The lowest BCUT2D eigenvalue weighted by atomic mass is 10.2. The van der Waals surface area contributed by atoms with Crippen molar-refractivity contribution in [3.8, 4) is 11.4 Å². The Morgan fingerprint density at radius 1 is 0.933 bits per heavy atom. The van der Waals surface area contributed by atoms with Gasteiger partial charge in [-0.15, -0.1) is 0 Å². The van der Waals surface area contributed by atoms with Crippen LogP contribution in [0.15, 0.2) is 60.7 Å². The van der Waals surface area contributed by atoms with Gasteiger partial charge < -0.3 is 15.5 Å². The van der Waals surface area contributed by atoms with Gasteiger partial charge in [-0.3, -0.25) is 4.79 Å². The number of nitrogens with one attached hydrogen (secondary N) is 2. The Balaban J connectivity index is 1.42. The van der Waals surface area contributed by atoms with Crippen molar-refractivity contribution < 1.29 is 4.79 Å². The normalized spacial score (nSPS) is 15.8. The fraction of sp³-hybridized carbons (Fsp3) is 0.292.